The number of nitrogens with zero attached hydrogens (tertiary/aromatic N) is 6. The Morgan fingerprint density at radius 3 is 2.69 bits per heavy atom. The molecule has 7 rings (SSSR count). The summed E-state index contributed by atoms with van der Waals surface area (Å²) in [7, 11) is 0. The fourth-order valence-electron chi connectivity index (χ4n) is 7.40. The Balaban J connectivity index is 1.42. The van der Waals surface area contributed by atoms with Crippen LogP contribution in [0.1, 0.15) is 31.7 Å². The van der Waals surface area contributed by atoms with E-state index in [1.54, 1.807) is 16.7 Å². The van der Waals surface area contributed by atoms with Gasteiger partial charge in [-0.25, -0.2) is 18.2 Å². The van der Waals surface area contributed by atoms with Gasteiger partial charge in [0.1, 0.15) is 29.9 Å². The average molecular weight is 692 g/mol. The van der Waals surface area contributed by atoms with E-state index in [0.717, 1.165) is 36.0 Å². The number of thiazole rings is 1. The van der Waals surface area contributed by atoms with Gasteiger partial charge in [-0.3, -0.25) is 9.69 Å². The molecule has 1 amide bonds. The first-order valence-corrected chi connectivity index (χ1v) is 16.3. The third-order valence-electron chi connectivity index (χ3n) is 9.59. The molecule has 3 saturated heterocycles. The zero-order valence-electron chi connectivity index (χ0n) is 25.8. The van der Waals surface area contributed by atoms with Crippen molar-refractivity contribution in [3.63, 3.8) is 0 Å². The predicted octanol–water partition coefficient (Wildman–Crippen LogP) is 5.96. The van der Waals surface area contributed by atoms with Crippen LogP contribution in [0.3, 0.4) is 0 Å². The van der Waals surface area contributed by atoms with Gasteiger partial charge in [-0.15, -0.1) is 0 Å². The smallest absolute Gasteiger partial charge is 0.417 e. The number of alkyl halides is 4. The molecule has 3 aliphatic heterocycles. The lowest BCUT2D eigenvalue weighted by Gasteiger charge is -2.40. The summed E-state index contributed by atoms with van der Waals surface area (Å²) in [6.07, 6.45) is -3.15. The summed E-state index contributed by atoms with van der Waals surface area (Å²) in [4.78, 5) is 30.5. The zero-order valence-corrected chi connectivity index (χ0v) is 26.6. The second-order valence-corrected chi connectivity index (χ2v) is 13.6. The highest BCUT2D eigenvalue weighted by molar-refractivity contribution is 7.22. The summed E-state index contributed by atoms with van der Waals surface area (Å²) in [5.74, 6) is -2.40. The Morgan fingerprint density at radius 2 is 1.96 bits per heavy atom. The van der Waals surface area contributed by atoms with Gasteiger partial charge in [-0.05, 0) is 50.6 Å². The van der Waals surface area contributed by atoms with Crippen LogP contribution in [-0.4, -0.2) is 87.7 Å². The van der Waals surface area contributed by atoms with Gasteiger partial charge in [0.15, 0.2) is 10.9 Å². The van der Waals surface area contributed by atoms with E-state index in [2.05, 4.69) is 21.5 Å². The molecule has 0 bridgehead atoms. The molecule has 9 nitrogen and oxygen atoms in total. The topological polar surface area (TPSA) is 101 Å². The summed E-state index contributed by atoms with van der Waals surface area (Å²) in [6, 6.07) is 2.02. The number of nitrogen functional groups attached to an aromatic ring is 1. The number of carbonyl (C=O) groups excluding carboxylic acids is 1. The van der Waals surface area contributed by atoms with Gasteiger partial charge in [0.2, 0.25) is 5.91 Å². The average Bonchev–Trinajstić information content (AvgIpc) is 3.71. The third-order valence-corrected chi connectivity index (χ3v) is 10.5. The van der Waals surface area contributed by atoms with Crippen LogP contribution >= 0.6 is 11.3 Å². The van der Waals surface area contributed by atoms with Crippen LogP contribution in [0, 0.1) is 11.6 Å². The van der Waals surface area contributed by atoms with Gasteiger partial charge >= 0.3 is 12.2 Å². The lowest BCUT2D eigenvalue weighted by Crippen LogP contribution is -2.53. The first-order chi connectivity index (χ1) is 22.8. The minimum absolute atomic E-state index is 0.00132. The van der Waals surface area contributed by atoms with E-state index < -0.39 is 52.2 Å². The fraction of sp³-hybridized carbons (Fsp3) is 0.438. The summed E-state index contributed by atoms with van der Waals surface area (Å²) < 4.78 is 96.5. The van der Waals surface area contributed by atoms with Crippen LogP contribution in [0.4, 0.5) is 37.3 Å². The molecule has 4 aromatic rings. The van der Waals surface area contributed by atoms with E-state index in [-0.39, 0.29) is 83.2 Å². The number of benzene rings is 2. The van der Waals surface area contributed by atoms with E-state index in [9.17, 15) is 26.7 Å². The third kappa shape index (κ3) is 5.38. The molecule has 0 spiro atoms. The molecule has 3 fully saturated rings. The number of piperazine rings is 1. The van der Waals surface area contributed by atoms with Crippen molar-refractivity contribution >= 4 is 49.3 Å². The van der Waals surface area contributed by atoms with Gasteiger partial charge in [-0.1, -0.05) is 17.9 Å². The first-order valence-electron chi connectivity index (χ1n) is 15.5. The summed E-state index contributed by atoms with van der Waals surface area (Å²) in [6.45, 7) is 6.83. The van der Waals surface area contributed by atoms with Crippen molar-refractivity contribution in [2.75, 3.05) is 50.0 Å². The SMILES string of the molecule is C=CC(=O)N1CCN(c2nc(OCC34CCCN3CC(F)C4)nc3c(F)c(-c4ccc(F)c5sc(N)nc45)c(C(F)(F)F)cc23)C(C)C1. The molecule has 48 heavy (non-hydrogen) atoms. The largest absolute Gasteiger partial charge is 0.461 e. The van der Waals surface area contributed by atoms with Crippen LogP contribution in [-0.2, 0) is 11.0 Å². The Kier molecular flexibility index (Phi) is 7.93. The molecular formula is C32H31F6N7O2S. The Morgan fingerprint density at radius 1 is 1.17 bits per heavy atom. The highest BCUT2D eigenvalue weighted by Crippen LogP contribution is 2.46. The standard InChI is InChI=1S/C32H31F6N7O2S/c1-3-22(46)43-9-10-45(16(2)13-43)28-19-11-20(32(36,37)38)23(18-5-6-21(34)27-26(18)40-29(39)48-27)24(35)25(19)41-30(42-28)47-15-31-7-4-8-44(31)14-17(33)12-31/h3,5-6,11,16-17H,1,4,7-10,12-15H2,2H3,(H2,39,40). The highest BCUT2D eigenvalue weighted by atomic mass is 32.1. The van der Waals surface area contributed by atoms with E-state index in [1.165, 1.54) is 6.08 Å². The number of amides is 1. The summed E-state index contributed by atoms with van der Waals surface area (Å²) in [5, 5.41) is -0.329. The molecule has 2 aromatic heterocycles. The molecule has 16 heteroatoms. The maximum atomic E-state index is 16.9. The molecule has 2 aromatic carbocycles. The van der Waals surface area contributed by atoms with Crippen molar-refractivity contribution in [2.24, 2.45) is 0 Å². The Hall–Kier alpha value is -4.18. The van der Waals surface area contributed by atoms with Crippen LogP contribution in [0.2, 0.25) is 0 Å². The van der Waals surface area contributed by atoms with Crippen LogP contribution < -0.4 is 15.4 Å². The maximum absolute atomic E-state index is 16.9. The van der Waals surface area contributed by atoms with Crippen molar-refractivity contribution in [3.05, 3.63) is 48.1 Å². The van der Waals surface area contributed by atoms with Crippen molar-refractivity contribution in [1.82, 2.24) is 24.8 Å². The first kappa shape index (κ1) is 32.4. The number of carbonyl (C=O) groups is 1. The molecule has 3 aliphatic rings. The number of hydrogen-bond donors (Lipinski definition) is 1. The highest BCUT2D eigenvalue weighted by Gasteiger charge is 2.49. The summed E-state index contributed by atoms with van der Waals surface area (Å²) in [5.41, 5.74) is 2.01. The van der Waals surface area contributed by atoms with Gasteiger partial charge in [-0.2, -0.15) is 23.1 Å². The van der Waals surface area contributed by atoms with Crippen LogP contribution in [0.5, 0.6) is 6.01 Å². The van der Waals surface area contributed by atoms with Crippen molar-refractivity contribution in [2.45, 2.75) is 50.1 Å². The molecular weight excluding hydrogens is 660 g/mol. The van der Waals surface area contributed by atoms with E-state index in [0.29, 0.717) is 13.0 Å². The second kappa shape index (κ2) is 11.8. The monoisotopic (exact) mass is 691 g/mol. The van der Waals surface area contributed by atoms with Crippen molar-refractivity contribution < 1.29 is 35.9 Å². The van der Waals surface area contributed by atoms with E-state index in [4.69, 9.17) is 10.5 Å². The lowest BCUT2D eigenvalue weighted by atomic mass is 9.94. The minimum atomic E-state index is -5.06. The number of halogens is 6. The minimum Gasteiger partial charge on any atom is -0.461 e. The molecule has 3 unspecified atom stereocenters. The molecule has 5 heterocycles. The summed E-state index contributed by atoms with van der Waals surface area (Å²) >= 11 is 0.735. The van der Waals surface area contributed by atoms with E-state index >= 15 is 4.39 Å². The Labute approximate surface area is 275 Å². The van der Waals surface area contributed by atoms with Gasteiger partial charge < -0.3 is 20.3 Å². The molecule has 2 N–H and O–H groups in total. The normalized spacial score (nSPS) is 23.3. The van der Waals surface area contributed by atoms with Crippen molar-refractivity contribution in [3.8, 4) is 17.1 Å². The number of rotatable bonds is 6. The van der Waals surface area contributed by atoms with Crippen molar-refractivity contribution in [1.29, 1.82) is 0 Å². The number of hydrogen-bond acceptors (Lipinski definition) is 9. The molecule has 0 radical (unpaired) electrons. The number of ether oxygens (including phenoxy) is 1. The molecule has 0 saturated carbocycles. The van der Waals surface area contributed by atoms with Gasteiger partial charge in [0.25, 0.3) is 0 Å². The van der Waals surface area contributed by atoms with Gasteiger partial charge in [0, 0.05) is 55.2 Å². The lowest BCUT2D eigenvalue weighted by molar-refractivity contribution is -0.137. The predicted molar refractivity (Wildman–Crippen MR) is 170 cm³/mol. The Bertz CT molecular complexity index is 1950. The molecule has 254 valence electrons. The molecule has 3 atom stereocenters. The number of aromatic nitrogens is 3. The number of nitrogens with two attached hydrogens (primary N) is 1. The van der Waals surface area contributed by atoms with E-state index in [1.807, 2.05) is 4.90 Å². The quantitative estimate of drug-likeness (QED) is 0.195. The number of anilines is 2. The fourth-order valence-corrected chi connectivity index (χ4v) is 8.17. The maximum Gasteiger partial charge on any atom is 0.417 e. The molecule has 0 aliphatic carbocycles. The van der Waals surface area contributed by atoms with Gasteiger partial charge in [0.05, 0.1) is 21.3 Å². The zero-order chi connectivity index (χ0) is 34.1. The van der Waals surface area contributed by atoms with Crippen LogP contribution in [0.15, 0.2) is 30.9 Å². The van der Waals surface area contributed by atoms with Crippen LogP contribution in [0.25, 0.3) is 32.2 Å². The second-order valence-electron chi connectivity index (χ2n) is 12.6. The number of fused-ring (bicyclic) bond motifs is 3.